The first-order chi connectivity index (χ1) is 8.75. The number of hydrogen-bond donors (Lipinski definition) is 1. The summed E-state index contributed by atoms with van der Waals surface area (Å²) in [6.07, 6.45) is 4.50. The molecule has 4 heteroatoms. The molecule has 3 rings (SSSR count). The summed E-state index contributed by atoms with van der Waals surface area (Å²) in [5.74, 6) is 0.986. The van der Waals surface area contributed by atoms with E-state index in [9.17, 15) is 0 Å². The van der Waals surface area contributed by atoms with Crippen molar-refractivity contribution < 1.29 is 9.47 Å². The van der Waals surface area contributed by atoms with Gasteiger partial charge in [-0.05, 0) is 37.0 Å². The maximum absolute atomic E-state index is 6.39. The Balaban J connectivity index is 1.91. The Hall–Kier alpha value is -0.580. The Kier molecular flexibility index (Phi) is 3.59. The molecule has 1 aromatic carbocycles. The van der Waals surface area contributed by atoms with E-state index in [1.54, 1.807) is 0 Å². The topological polar surface area (TPSA) is 44.5 Å². The third-order valence-corrected chi connectivity index (χ3v) is 4.21. The second-order valence-corrected chi connectivity index (χ2v) is 5.93. The molecular formula is C14H18BrNO2. The average Bonchev–Trinajstić information content (AvgIpc) is 2.86. The van der Waals surface area contributed by atoms with Crippen LogP contribution in [-0.2, 0) is 11.2 Å². The quantitative estimate of drug-likeness (QED) is 0.913. The van der Waals surface area contributed by atoms with Crippen LogP contribution in [0, 0.1) is 0 Å². The van der Waals surface area contributed by atoms with E-state index >= 15 is 0 Å². The average molecular weight is 312 g/mol. The number of benzene rings is 1. The number of rotatable bonds is 2. The number of ether oxygens (including phenoxy) is 2. The summed E-state index contributed by atoms with van der Waals surface area (Å²) >= 11 is 3.56. The van der Waals surface area contributed by atoms with E-state index < -0.39 is 0 Å². The molecule has 1 fully saturated rings. The Labute approximate surface area is 116 Å². The summed E-state index contributed by atoms with van der Waals surface area (Å²) in [6.45, 7) is 1.59. The van der Waals surface area contributed by atoms with Gasteiger partial charge in [0, 0.05) is 23.1 Å². The van der Waals surface area contributed by atoms with Crippen LogP contribution in [0.2, 0.25) is 0 Å². The lowest BCUT2D eigenvalue weighted by Crippen LogP contribution is -2.32. The van der Waals surface area contributed by atoms with Gasteiger partial charge in [-0.15, -0.1) is 0 Å². The summed E-state index contributed by atoms with van der Waals surface area (Å²) in [5, 5.41) is 0. The van der Waals surface area contributed by atoms with Gasteiger partial charge in [0.2, 0.25) is 0 Å². The third kappa shape index (κ3) is 2.29. The van der Waals surface area contributed by atoms with Crippen molar-refractivity contribution in [2.75, 3.05) is 13.2 Å². The van der Waals surface area contributed by atoms with Gasteiger partial charge in [0.15, 0.2) is 0 Å². The third-order valence-electron chi connectivity index (χ3n) is 3.75. The van der Waals surface area contributed by atoms with Gasteiger partial charge >= 0.3 is 0 Å². The summed E-state index contributed by atoms with van der Waals surface area (Å²) in [6, 6.07) is 4.11. The highest BCUT2D eigenvalue weighted by Gasteiger charge is 2.28. The van der Waals surface area contributed by atoms with Crippen molar-refractivity contribution in [3.63, 3.8) is 0 Å². The smallest absolute Gasteiger partial charge is 0.127 e. The fourth-order valence-electron chi connectivity index (χ4n) is 2.79. The molecule has 3 nitrogen and oxygen atoms in total. The molecule has 2 N–H and O–H groups in total. The highest BCUT2D eigenvalue weighted by atomic mass is 79.9. The number of nitrogens with two attached hydrogens (primary N) is 1. The number of halogens is 1. The molecule has 1 aromatic rings. The molecule has 2 aliphatic rings. The molecule has 1 saturated heterocycles. The fourth-order valence-corrected chi connectivity index (χ4v) is 3.32. The van der Waals surface area contributed by atoms with Gasteiger partial charge in [0.05, 0.1) is 18.8 Å². The van der Waals surface area contributed by atoms with Crippen LogP contribution in [0.15, 0.2) is 16.6 Å². The van der Waals surface area contributed by atoms with Gasteiger partial charge < -0.3 is 15.2 Å². The zero-order chi connectivity index (χ0) is 12.5. The Morgan fingerprint density at radius 3 is 2.94 bits per heavy atom. The highest BCUT2D eigenvalue weighted by Crippen LogP contribution is 2.38. The van der Waals surface area contributed by atoms with Crippen molar-refractivity contribution in [2.45, 2.75) is 37.8 Å². The minimum atomic E-state index is -0.0883. The molecule has 2 atom stereocenters. The molecule has 0 amide bonds. The van der Waals surface area contributed by atoms with Crippen molar-refractivity contribution in [1.29, 1.82) is 0 Å². The van der Waals surface area contributed by atoms with Crippen LogP contribution >= 0.6 is 15.9 Å². The SMILES string of the molecule is NC(c1cc(Br)cc2c1OCC2)C1CCCCO1. The molecule has 2 heterocycles. The summed E-state index contributed by atoms with van der Waals surface area (Å²) in [4.78, 5) is 0. The first kappa shape index (κ1) is 12.5. The second kappa shape index (κ2) is 5.19. The van der Waals surface area contributed by atoms with Crippen LogP contribution in [-0.4, -0.2) is 19.3 Å². The first-order valence-electron chi connectivity index (χ1n) is 6.58. The Morgan fingerprint density at radius 1 is 1.28 bits per heavy atom. The van der Waals surface area contributed by atoms with Crippen LogP contribution in [0.5, 0.6) is 5.75 Å². The van der Waals surface area contributed by atoms with Crippen molar-refractivity contribution in [2.24, 2.45) is 5.73 Å². The molecular weight excluding hydrogens is 294 g/mol. The van der Waals surface area contributed by atoms with Crippen LogP contribution in [0.1, 0.15) is 36.4 Å². The van der Waals surface area contributed by atoms with Gasteiger partial charge in [-0.2, -0.15) is 0 Å². The van der Waals surface area contributed by atoms with Crippen molar-refractivity contribution >= 4 is 15.9 Å². The lowest BCUT2D eigenvalue weighted by atomic mass is 9.94. The highest BCUT2D eigenvalue weighted by molar-refractivity contribution is 9.10. The van der Waals surface area contributed by atoms with Gasteiger partial charge in [-0.1, -0.05) is 15.9 Å². The van der Waals surface area contributed by atoms with Gasteiger partial charge in [-0.25, -0.2) is 0 Å². The Bertz CT molecular complexity index is 444. The second-order valence-electron chi connectivity index (χ2n) is 5.01. The lowest BCUT2D eigenvalue weighted by molar-refractivity contribution is -0.000402. The van der Waals surface area contributed by atoms with E-state index in [0.29, 0.717) is 0 Å². The minimum absolute atomic E-state index is 0.0883. The monoisotopic (exact) mass is 311 g/mol. The predicted octanol–water partition coefficient (Wildman–Crippen LogP) is 2.95. The molecule has 0 aromatic heterocycles. The molecule has 2 aliphatic heterocycles. The van der Waals surface area contributed by atoms with E-state index in [1.165, 1.54) is 12.0 Å². The molecule has 0 radical (unpaired) electrons. The van der Waals surface area contributed by atoms with E-state index in [2.05, 4.69) is 28.1 Å². The molecule has 0 saturated carbocycles. The first-order valence-corrected chi connectivity index (χ1v) is 7.37. The van der Waals surface area contributed by atoms with Gasteiger partial charge in [-0.3, -0.25) is 0 Å². The van der Waals surface area contributed by atoms with E-state index in [4.69, 9.17) is 15.2 Å². The van der Waals surface area contributed by atoms with E-state index in [-0.39, 0.29) is 12.1 Å². The number of hydrogen-bond acceptors (Lipinski definition) is 3. The molecule has 0 spiro atoms. The van der Waals surface area contributed by atoms with Crippen molar-refractivity contribution in [1.82, 2.24) is 0 Å². The standard InChI is InChI=1S/C14H18BrNO2/c15-10-7-9-4-6-18-14(9)11(8-10)13(16)12-3-1-2-5-17-12/h7-8,12-13H,1-6,16H2. The largest absolute Gasteiger partial charge is 0.493 e. The summed E-state index contributed by atoms with van der Waals surface area (Å²) < 4.78 is 12.6. The van der Waals surface area contributed by atoms with Crippen LogP contribution in [0.4, 0.5) is 0 Å². The zero-order valence-corrected chi connectivity index (χ0v) is 11.9. The maximum Gasteiger partial charge on any atom is 0.127 e. The zero-order valence-electron chi connectivity index (χ0n) is 10.3. The van der Waals surface area contributed by atoms with Crippen LogP contribution in [0.25, 0.3) is 0 Å². The summed E-state index contributed by atoms with van der Waals surface area (Å²) in [5.41, 5.74) is 8.73. The lowest BCUT2D eigenvalue weighted by Gasteiger charge is -2.29. The molecule has 0 bridgehead atoms. The van der Waals surface area contributed by atoms with Crippen molar-refractivity contribution in [3.05, 3.63) is 27.7 Å². The van der Waals surface area contributed by atoms with E-state index in [1.807, 2.05) is 0 Å². The number of fused-ring (bicyclic) bond motifs is 1. The van der Waals surface area contributed by atoms with E-state index in [0.717, 1.165) is 48.3 Å². The van der Waals surface area contributed by atoms with Crippen molar-refractivity contribution in [3.8, 4) is 5.75 Å². The maximum atomic E-state index is 6.39. The predicted molar refractivity (Wildman–Crippen MR) is 73.9 cm³/mol. The van der Waals surface area contributed by atoms with Gasteiger partial charge in [0.1, 0.15) is 5.75 Å². The van der Waals surface area contributed by atoms with Gasteiger partial charge in [0.25, 0.3) is 0 Å². The van der Waals surface area contributed by atoms with Crippen LogP contribution < -0.4 is 10.5 Å². The molecule has 2 unspecified atom stereocenters. The van der Waals surface area contributed by atoms with Crippen LogP contribution in [0.3, 0.4) is 0 Å². The Morgan fingerprint density at radius 2 is 2.17 bits per heavy atom. The normalized spacial score (nSPS) is 24.4. The molecule has 0 aliphatic carbocycles. The molecule has 18 heavy (non-hydrogen) atoms. The fraction of sp³-hybridized carbons (Fsp3) is 0.571. The summed E-state index contributed by atoms with van der Waals surface area (Å²) in [7, 11) is 0. The molecule has 98 valence electrons. The minimum Gasteiger partial charge on any atom is -0.493 e.